The Balaban J connectivity index is 1.75. The summed E-state index contributed by atoms with van der Waals surface area (Å²) >= 11 is 2.10. The highest BCUT2D eigenvalue weighted by Crippen LogP contribution is 2.23. The van der Waals surface area contributed by atoms with E-state index < -0.39 is 0 Å². The molecule has 0 spiro atoms. The Kier molecular flexibility index (Phi) is 4.98. The van der Waals surface area contributed by atoms with Crippen molar-refractivity contribution < 1.29 is 4.74 Å². The Labute approximate surface area is 104 Å². The second kappa shape index (κ2) is 6.27. The van der Waals surface area contributed by atoms with Gasteiger partial charge in [-0.1, -0.05) is 13.8 Å². The molecule has 2 aliphatic heterocycles. The van der Waals surface area contributed by atoms with Crippen molar-refractivity contribution in [2.24, 2.45) is 5.92 Å². The molecule has 0 radical (unpaired) electrons. The van der Waals surface area contributed by atoms with Crippen LogP contribution < -0.4 is 5.32 Å². The molecule has 2 aliphatic rings. The van der Waals surface area contributed by atoms with Crippen LogP contribution in [0.25, 0.3) is 0 Å². The van der Waals surface area contributed by atoms with E-state index >= 15 is 0 Å². The molecule has 2 atom stereocenters. The molecule has 0 amide bonds. The zero-order valence-electron chi connectivity index (χ0n) is 10.6. The van der Waals surface area contributed by atoms with Crippen molar-refractivity contribution in [2.45, 2.75) is 57.7 Å². The van der Waals surface area contributed by atoms with Gasteiger partial charge in [-0.3, -0.25) is 0 Å². The first-order valence-corrected chi connectivity index (χ1v) is 7.86. The van der Waals surface area contributed by atoms with Crippen molar-refractivity contribution in [1.82, 2.24) is 5.32 Å². The number of hydrogen-bond donors (Lipinski definition) is 1. The molecular weight excluding hydrogens is 218 g/mol. The zero-order valence-corrected chi connectivity index (χ0v) is 11.4. The van der Waals surface area contributed by atoms with Crippen molar-refractivity contribution in [1.29, 1.82) is 0 Å². The van der Waals surface area contributed by atoms with Crippen molar-refractivity contribution >= 4 is 11.8 Å². The highest BCUT2D eigenvalue weighted by atomic mass is 32.2. The SMILES string of the molecule is CC(C)C1CC(NC2CCSCC2)CCO1. The predicted octanol–water partition coefficient (Wildman–Crippen LogP) is 2.68. The molecule has 94 valence electrons. The van der Waals surface area contributed by atoms with Gasteiger partial charge in [0.15, 0.2) is 0 Å². The third-order valence-corrected chi connectivity index (χ3v) is 4.80. The first-order valence-electron chi connectivity index (χ1n) is 6.71. The molecule has 2 heterocycles. The maximum atomic E-state index is 5.81. The minimum absolute atomic E-state index is 0.476. The summed E-state index contributed by atoms with van der Waals surface area (Å²) in [4.78, 5) is 0. The smallest absolute Gasteiger partial charge is 0.0612 e. The maximum Gasteiger partial charge on any atom is 0.0612 e. The van der Waals surface area contributed by atoms with Crippen LogP contribution in [0.15, 0.2) is 0 Å². The van der Waals surface area contributed by atoms with Gasteiger partial charge in [-0.2, -0.15) is 11.8 Å². The molecule has 0 aliphatic carbocycles. The lowest BCUT2D eigenvalue weighted by Crippen LogP contribution is -2.46. The molecule has 1 N–H and O–H groups in total. The second-order valence-electron chi connectivity index (χ2n) is 5.43. The van der Waals surface area contributed by atoms with Gasteiger partial charge in [-0.05, 0) is 43.1 Å². The van der Waals surface area contributed by atoms with Gasteiger partial charge in [0, 0.05) is 18.7 Å². The van der Waals surface area contributed by atoms with Gasteiger partial charge in [0.1, 0.15) is 0 Å². The molecule has 16 heavy (non-hydrogen) atoms. The highest BCUT2D eigenvalue weighted by Gasteiger charge is 2.26. The van der Waals surface area contributed by atoms with E-state index in [1.807, 2.05) is 0 Å². The molecule has 0 aromatic rings. The summed E-state index contributed by atoms with van der Waals surface area (Å²) in [7, 11) is 0. The Morgan fingerprint density at radius 1 is 1.12 bits per heavy atom. The third-order valence-electron chi connectivity index (χ3n) is 3.75. The van der Waals surface area contributed by atoms with Crippen molar-refractivity contribution in [2.75, 3.05) is 18.1 Å². The predicted molar refractivity (Wildman–Crippen MR) is 71.1 cm³/mol. The fourth-order valence-corrected chi connectivity index (χ4v) is 3.75. The lowest BCUT2D eigenvalue weighted by Gasteiger charge is -2.35. The number of rotatable bonds is 3. The van der Waals surface area contributed by atoms with E-state index in [1.54, 1.807) is 0 Å². The number of hydrogen-bond acceptors (Lipinski definition) is 3. The average molecular weight is 243 g/mol. The first-order chi connectivity index (χ1) is 7.75. The maximum absolute atomic E-state index is 5.81. The lowest BCUT2D eigenvalue weighted by atomic mass is 9.94. The molecule has 2 unspecified atom stereocenters. The first kappa shape index (κ1) is 12.7. The normalized spacial score (nSPS) is 33.2. The van der Waals surface area contributed by atoms with E-state index in [2.05, 4.69) is 30.9 Å². The molecule has 0 saturated carbocycles. The largest absolute Gasteiger partial charge is 0.378 e. The van der Waals surface area contributed by atoms with Crippen LogP contribution in [0.3, 0.4) is 0 Å². The van der Waals surface area contributed by atoms with E-state index in [-0.39, 0.29) is 0 Å². The Hall–Kier alpha value is 0.270. The van der Waals surface area contributed by atoms with Crippen molar-refractivity contribution in [3.63, 3.8) is 0 Å². The van der Waals surface area contributed by atoms with Crippen molar-refractivity contribution in [3.8, 4) is 0 Å². The molecule has 0 aromatic carbocycles. The van der Waals surface area contributed by atoms with Crippen LogP contribution in [0.2, 0.25) is 0 Å². The molecule has 0 bridgehead atoms. The number of thioether (sulfide) groups is 1. The zero-order chi connectivity index (χ0) is 11.4. The molecule has 2 fully saturated rings. The second-order valence-corrected chi connectivity index (χ2v) is 6.65. The topological polar surface area (TPSA) is 21.3 Å². The van der Waals surface area contributed by atoms with Gasteiger partial charge >= 0.3 is 0 Å². The standard InChI is InChI=1S/C13H25NOS/c1-10(2)13-9-12(3-6-15-13)14-11-4-7-16-8-5-11/h10-14H,3-9H2,1-2H3. The summed E-state index contributed by atoms with van der Waals surface area (Å²) < 4.78 is 5.81. The number of ether oxygens (including phenoxy) is 1. The van der Waals surface area contributed by atoms with Gasteiger partial charge in [-0.15, -0.1) is 0 Å². The summed E-state index contributed by atoms with van der Waals surface area (Å²) in [5, 5.41) is 3.85. The molecular formula is C13H25NOS. The summed E-state index contributed by atoms with van der Waals surface area (Å²) in [6, 6.07) is 1.48. The Morgan fingerprint density at radius 2 is 1.88 bits per heavy atom. The van der Waals surface area contributed by atoms with Crippen LogP contribution in [-0.4, -0.2) is 36.3 Å². The minimum atomic E-state index is 0.476. The van der Waals surface area contributed by atoms with E-state index in [1.165, 1.54) is 37.2 Å². The third kappa shape index (κ3) is 3.64. The quantitative estimate of drug-likeness (QED) is 0.823. The van der Waals surface area contributed by atoms with Crippen LogP contribution in [0.4, 0.5) is 0 Å². The van der Waals surface area contributed by atoms with Gasteiger partial charge < -0.3 is 10.1 Å². The molecule has 2 nitrogen and oxygen atoms in total. The van der Waals surface area contributed by atoms with Gasteiger partial charge in [0.05, 0.1) is 6.10 Å². The summed E-state index contributed by atoms with van der Waals surface area (Å²) in [6.07, 6.45) is 5.60. The fourth-order valence-electron chi connectivity index (χ4n) is 2.64. The highest BCUT2D eigenvalue weighted by molar-refractivity contribution is 7.99. The van der Waals surface area contributed by atoms with E-state index in [9.17, 15) is 0 Å². The number of nitrogens with one attached hydrogen (secondary N) is 1. The van der Waals surface area contributed by atoms with Crippen LogP contribution in [0.1, 0.15) is 39.5 Å². The van der Waals surface area contributed by atoms with E-state index in [0.717, 1.165) is 12.6 Å². The lowest BCUT2D eigenvalue weighted by molar-refractivity contribution is -0.0260. The Bertz CT molecular complexity index is 204. The summed E-state index contributed by atoms with van der Waals surface area (Å²) in [5.74, 6) is 3.34. The minimum Gasteiger partial charge on any atom is -0.378 e. The Morgan fingerprint density at radius 3 is 2.56 bits per heavy atom. The fraction of sp³-hybridized carbons (Fsp3) is 1.00. The van der Waals surface area contributed by atoms with Crippen molar-refractivity contribution in [3.05, 3.63) is 0 Å². The summed E-state index contributed by atoms with van der Waals surface area (Å²) in [5.41, 5.74) is 0. The van der Waals surface area contributed by atoms with Crippen LogP contribution in [0.5, 0.6) is 0 Å². The van der Waals surface area contributed by atoms with Crippen LogP contribution in [-0.2, 0) is 4.74 Å². The monoisotopic (exact) mass is 243 g/mol. The van der Waals surface area contributed by atoms with Crippen LogP contribution >= 0.6 is 11.8 Å². The molecule has 2 saturated heterocycles. The summed E-state index contributed by atoms with van der Waals surface area (Å²) in [6.45, 7) is 5.48. The van der Waals surface area contributed by atoms with E-state index in [4.69, 9.17) is 4.74 Å². The molecule has 2 rings (SSSR count). The van der Waals surface area contributed by atoms with Gasteiger partial charge in [-0.25, -0.2) is 0 Å². The molecule has 0 aromatic heterocycles. The molecule has 3 heteroatoms. The van der Waals surface area contributed by atoms with Gasteiger partial charge in [0.2, 0.25) is 0 Å². The van der Waals surface area contributed by atoms with Crippen LogP contribution in [0, 0.1) is 5.92 Å². The van der Waals surface area contributed by atoms with E-state index in [0.29, 0.717) is 18.1 Å². The van der Waals surface area contributed by atoms with Gasteiger partial charge in [0.25, 0.3) is 0 Å². The average Bonchev–Trinajstić information content (AvgIpc) is 2.30.